The highest BCUT2D eigenvalue weighted by molar-refractivity contribution is 6.08. The molecule has 2 rings (SSSR count). The Kier molecular flexibility index (Phi) is 10.4. The number of hydrogen-bond acceptors (Lipinski definition) is 6. The van der Waals surface area contributed by atoms with Crippen LogP contribution in [-0.2, 0) is 9.59 Å². The minimum atomic E-state index is -1.01. The Morgan fingerprint density at radius 2 is 1.43 bits per heavy atom. The normalized spacial score (nSPS) is 12.3. The van der Waals surface area contributed by atoms with Gasteiger partial charge in [-0.2, -0.15) is 0 Å². The predicted molar refractivity (Wildman–Crippen MR) is 135 cm³/mol. The lowest BCUT2D eigenvalue weighted by Gasteiger charge is -2.20. The average Bonchev–Trinajstić information content (AvgIpc) is 2.82. The van der Waals surface area contributed by atoms with Crippen LogP contribution in [0.5, 0.6) is 0 Å². The Morgan fingerprint density at radius 1 is 0.829 bits per heavy atom. The monoisotopic (exact) mass is 483 g/mol. The van der Waals surface area contributed by atoms with Gasteiger partial charge in [0.15, 0.2) is 11.9 Å². The molecule has 0 saturated carbocycles. The highest BCUT2D eigenvalue weighted by Gasteiger charge is 2.25. The predicted octanol–water partition coefficient (Wildman–Crippen LogP) is -0.565. The molecule has 2 aromatic carbocycles. The number of nitrogens with one attached hydrogen (secondary N) is 6. The molecule has 0 aliphatic rings. The van der Waals surface area contributed by atoms with E-state index < -0.39 is 29.8 Å². The molecule has 12 heteroatoms. The summed E-state index contributed by atoms with van der Waals surface area (Å²) < 4.78 is 0. The first-order chi connectivity index (χ1) is 16.7. The second-order valence-corrected chi connectivity index (χ2v) is 8.01. The third kappa shape index (κ3) is 9.29. The molecular formula is C23H33N9O3. The van der Waals surface area contributed by atoms with Crippen LogP contribution in [0.3, 0.4) is 0 Å². The van der Waals surface area contributed by atoms with Crippen molar-refractivity contribution in [2.75, 3.05) is 13.1 Å². The second-order valence-electron chi connectivity index (χ2n) is 8.01. The number of fused-ring (bicyclic) bond motifs is 1. The molecule has 188 valence electrons. The van der Waals surface area contributed by atoms with Crippen LogP contribution in [0, 0.1) is 10.8 Å². The van der Waals surface area contributed by atoms with Crippen LogP contribution in [-0.4, -0.2) is 54.8 Å². The Labute approximate surface area is 203 Å². The summed E-state index contributed by atoms with van der Waals surface area (Å²) in [4.78, 5) is 38.2. The molecule has 2 atom stereocenters. The van der Waals surface area contributed by atoms with Crippen molar-refractivity contribution in [1.29, 1.82) is 10.8 Å². The van der Waals surface area contributed by atoms with Gasteiger partial charge in [-0.25, -0.2) is 0 Å². The van der Waals surface area contributed by atoms with Gasteiger partial charge in [-0.3, -0.25) is 30.5 Å². The van der Waals surface area contributed by atoms with Crippen molar-refractivity contribution >= 4 is 40.4 Å². The summed E-state index contributed by atoms with van der Waals surface area (Å²) in [6.07, 6.45) is 1.40. The molecule has 0 fully saturated rings. The Morgan fingerprint density at radius 3 is 2.06 bits per heavy atom. The lowest BCUT2D eigenvalue weighted by Crippen LogP contribution is -2.52. The van der Waals surface area contributed by atoms with Gasteiger partial charge in [-0.05, 0) is 48.6 Å². The summed E-state index contributed by atoms with van der Waals surface area (Å²) in [5.74, 6) is -2.16. The topological polar surface area (TPSA) is 225 Å². The molecule has 0 aromatic heterocycles. The van der Waals surface area contributed by atoms with Gasteiger partial charge >= 0.3 is 0 Å². The molecule has 0 spiro atoms. The number of benzene rings is 2. The molecule has 0 aliphatic carbocycles. The lowest BCUT2D eigenvalue weighted by atomic mass is 10.1. The van der Waals surface area contributed by atoms with E-state index in [0.717, 1.165) is 10.8 Å². The van der Waals surface area contributed by atoms with Crippen LogP contribution in [0.1, 0.15) is 36.0 Å². The quantitative estimate of drug-likeness (QED) is 0.108. The van der Waals surface area contributed by atoms with Crippen molar-refractivity contribution in [3.8, 4) is 0 Å². The fraction of sp³-hybridized carbons (Fsp3) is 0.348. The zero-order valence-electron chi connectivity index (χ0n) is 19.4. The molecule has 3 amide bonds. The van der Waals surface area contributed by atoms with Crippen molar-refractivity contribution in [1.82, 2.24) is 21.3 Å². The van der Waals surface area contributed by atoms with Crippen LogP contribution >= 0.6 is 0 Å². The van der Waals surface area contributed by atoms with Crippen molar-refractivity contribution < 1.29 is 14.4 Å². The fourth-order valence-corrected chi connectivity index (χ4v) is 3.35. The van der Waals surface area contributed by atoms with Gasteiger partial charge in [-0.1, -0.05) is 30.3 Å². The van der Waals surface area contributed by atoms with Crippen LogP contribution in [0.2, 0.25) is 0 Å². The summed E-state index contributed by atoms with van der Waals surface area (Å²) in [7, 11) is 0. The number of imide groups is 1. The van der Waals surface area contributed by atoms with Crippen molar-refractivity contribution in [3.05, 3.63) is 48.0 Å². The molecule has 2 aromatic rings. The van der Waals surface area contributed by atoms with Gasteiger partial charge in [-0.15, -0.1) is 0 Å². The number of hydrogen-bond donors (Lipinski definition) is 9. The largest absolute Gasteiger partial charge is 0.370 e. The molecular weight excluding hydrogens is 450 g/mol. The summed E-state index contributed by atoms with van der Waals surface area (Å²) in [5.41, 5.74) is 16.7. The lowest BCUT2D eigenvalue weighted by molar-refractivity contribution is -0.129. The number of guanidine groups is 2. The van der Waals surface area contributed by atoms with Crippen molar-refractivity contribution in [2.45, 2.75) is 37.8 Å². The minimum absolute atomic E-state index is 0.171. The van der Waals surface area contributed by atoms with E-state index in [1.54, 1.807) is 18.2 Å². The number of nitrogens with two attached hydrogens (primary N) is 3. The minimum Gasteiger partial charge on any atom is -0.370 e. The van der Waals surface area contributed by atoms with Crippen LogP contribution in [0.25, 0.3) is 10.8 Å². The molecule has 0 aliphatic heterocycles. The zero-order valence-corrected chi connectivity index (χ0v) is 19.4. The van der Waals surface area contributed by atoms with Gasteiger partial charge in [0.05, 0.1) is 6.04 Å². The molecule has 0 bridgehead atoms. The average molecular weight is 484 g/mol. The third-order valence-electron chi connectivity index (χ3n) is 5.21. The zero-order chi connectivity index (χ0) is 25.8. The Bertz CT molecular complexity index is 1070. The standard InChI is InChI=1S/C23H33N9O3/c24-17(7-3-11-29-22(25)26)20(34)31-18(8-4-12-30-23(27)28)21(35)32-19(33)16-10-9-14-5-1-2-6-15(14)13-16/h1-2,5-6,9-10,13,17-18H,3-4,7-8,11-12,24H2,(H,31,34)(H4,25,26,29)(H4,27,28,30)(H,32,33,35)/t17-,18-/m0/s1. The maximum atomic E-state index is 12.9. The SMILES string of the molecule is N=C(N)NCCC[C@H](NC(=O)[C@@H](N)CCCNC(=N)N)C(=O)NC(=O)c1ccc2ccccc2c1. The molecule has 0 unspecified atom stereocenters. The van der Waals surface area contributed by atoms with E-state index in [9.17, 15) is 14.4 Å². The summed E-state index contributed by atoms with van der Waals surface area (Å²) in [6.45, 7) is 0.702. The molecule has 0 saturated heterocycles. The van der Waals surface area contributed by atoms with Gasteiger partial charge in [0.1, 0.15) is 6.04 Å². The first-order valence-corrected chi connectivity index (χ1v) is 11.2. The van der Waals surface area contributed by atoms with E-state index in [2.05, 4.69) is 21.3 Å². The van der Waals surface area contributed by atoms with E-state index >= 15 is 0 Å². The van der Waals surface area contributed by atoms with Crippen LogP contribution in [0.4, 0.5) is 0 Å². The third-order valence-corrected chi connectivity index (χ3v) is 5.21. The summed E-state index contributed by atoms with van der Waals surface area (Å²) in [6, 6.07) is 10.7. The number of carbonyl (C=O) groups excluding carboxylic acids is 3. The molecule has 12 nitrogen and oxygen atoms in total. The smallest absolute Gasteiger partial charge is 0.257 e. The first kappa shape index (κ1) is 27.1. The highest BCUT2D eigenvalue weighted by Crippen LogP contribution is 2.15. The van der Waals surface area contributed by atoms with Gasteiger partial charge < -0.3 is 33.2 Å². The van der Waals surface area contributed by atoms with Gasteiger partial charge in [0, 0.05) is 18.7 Å². The molecule has 12 N–H and O–H groups in total. The second kappa shape index (κ2) is 13.5. The maximum Gasteiger partial charge on any atom is 0.257 e. The Hall–Kier alpha value is -4.19. The number of amides is 3. The molecule has 0 radical (unpaired) electrons. The van der Waals surface area contributed by atoms with Crippen molar-refractivity contribution in [2.24, 2.45) is 17.2 Å². The number of rotatable bonds is 12. The first-order valence-electron chi connectivity index (χ1n) is 11.2. The number of carbonyl (C=O) groups is 3. The van der Waals surface area contributed by atoms with Gasteiger partial charge in [0.25, 0.3) is 5.91 Å². The van der Waals surface area contributed by atoms with E-state index in [4.69, 9.17) is 28.0 Å². The van der Waals surface area contributed by atoms with Crippen LogP contribution in [0.15, 0.2) is 42.5 Å². The molecule has 35 heavy (non-hydrogen) atoms. The van der Waals surface area contributed by atoms with E-state index in [0.29, 0.717) is 37.9 Å². The van der Waals surface area contributed by atoms with E-state index in [-0.39, 0.29) is 18.3 Å². The Balaban J connectivity index is 2.01. The summed E-state index contributed by atoms with van der Waals surface area (Å²) >= 11 is 0. The summed E-state index contributed by atoms with van der Waals surface area (Å²) in [5, 5.41) is 26.4. The van der Waals surface area contributed by atoms with E-state index in [1.807, 2.05) is 24.3 Å². The van der Waals surface area contributed by atoms with Crippen molar-refractivity contribution in [3.63, 3.8) is 0 Å². The van der Waals surface area contributed by atoms with E-state index in [1.165, 1.54) is 0 Å². The highest BCUT2D eigenvalue weighted by atomic mass is 16.2. The molecule has 0 heterocycles. The van der Waals surface area contributed by atoms with Crippen LogP contribution < -0.4 is 38.5 Å². The van der Waals surface area contributed by atoms with Gasteiger partial charge in [0.2, 0.25) is 11.8 Å². The fourth-order valence-electron chi connectivity index (χ4n) is 3.35. The maximum absolute atomic E-state index is 12.9.